The molecule has 2 N–H and O–H groups in total. The molecule has 0 saturated heterocycles. The third-order valence-electron chi connectivity index (χ3n) is 5.20. The van der Waals surface area contributed by atoms with Crippen LogP contribution < -0.4 is 15.5 Å². The summed E-state index contributed by atoms with van der Waals surface area (Å²) in [5, 5.41) is 4.98. The molecular weight excluding hydrogens is 454 g/mol. The van der Waals surface area contributed by atoms with Crippen molar-refractivity contribution in [3.63, 3.8) is 0 Å². The topological polar surface area (TPSA) is 78.5 Å². The lowest BCUT2D eigenvalue weighted by Crippen LogP contribution is -2.52. The third kappa shape index (κ3) is 4.75. The van der Waals surface area contributed by atoms with Crippen molar-refractivity contribution in [2.75, 3.05) is 15.5 Å². The first kappa shape index (κ1) is 23.0. The average Bonchev–Trinajstić information content (AvgIpc) is 2.79. The number of hydrogen-bond acceptors (Lipinski definition) is 3. The quantitative estimate of drug-likeness (QED) is 0.535. The number of hydrogen-bond donors (Lipinski definition) is 2. The molecule has 34 heavy (non-hydrogen) atoms. The number of nitrogens with one attached hydrogen (secondary N) is 2. The predicted molar refractivity (Wildman–Crippen MR) is 117 cm³/mol. The maximum Gasteiger partial charge on any atom is 0.416 e. The molecule has 0 spiro atoms. The second-order valence-electron chi connectivity index (χ2n) is 7.54. The van der Waals surface area contributed by atoms with E-state index in [-0.39, 0.29) is 11.3 Å². The second kappa shape index (κ2) is 8.97. The molecule has 0 unspecified atom stereocenters. The maximum atomic E-state index is 13.3. The standard InChI is InChI=1S/C24H17F4N3O3/c25-16-10-8-14(9-11-16)23(34)31-19-7-2-1-6-18(19)30-22(33)20(31)13-21(32)29-17-5-3-4-15(12-17)24(26,27)28/h1-12,20H,13H2,(H,29,32)(H,30,33)/t20-/m1/s1. The van der Waals surface area contributed by atoms with Crippen LogP contribution in [0.1, 0.15) is 22.3 Å². The first-order valence-corrected chi connectivity index (χ1v) is 10.1. The highest BCUT2D eigenvalue weighted by Crippen LogP contribution is 2.34. The van der Waals surface area contributed by atoms with E-state index < -0.39 is 47.7 Å². The number of amides is 3. The summed E-state index contributed by atoms with van der Waals surface area (Å²) in [5.74, 6) is -2.60. The van der Waals surface area contributed by atoms with E-state index in [0.29, 0.717) is 11.4 Å². The fourth-order valence-corrected chi connectivity index (χ4v) is 3.62. The van der Waals surface area contributed by atoms with Crippen LogP contribution in [-0.2, 0) is 15.8 Å². The highest BCUT2D eigenvalue weighted by Gasteiger charge is 2.38. The maximum absolute atomic E-state index is 13.3. The lowest BCUT2D eigenvalue weighted by molar-refractivity contribution is -0.137. The summed E-state index contributed by atoms with van der Waals surface area (Å²) in [4.78, 5) is 39.9. The summed E-state index contributed by atoms with van der Waals surface area (Å²) in [6.07, 6.45) is -5.12. The fraction of sp³-hybridized carbons (Fsp3) is 0.125. The summed E-state index contributed by atoms with van der Waals surface area (Å²) in [6.45, 7) is 0. The number of anilines is 3. The van der Waals surface area contributed by atoms with E-state index in [2.05, 4.69) is 10.6 Å². The Balaban J connectivity index is 1.62. The van der Waals surface area contributed by atoms with Crippen molar-refractivity contribution < 1.29 is 31.9 Å². The van der Waals surface area contributed by atoms with E-state index >= 15 is 0 Å². The summed E-state index contributed by atoms with van der Waals surface area (Å²) >= 11 is 0. The number of alkyl halides is 3. The molecule has 10 heteroatoms. The van der Waals surface area contributed by atoms with Gasteiger partial charge in [0, 0.05) is 11.3 Å². The Morgan fingerprint density at radius 2 is 1.68 bits per heavy atom. The van der Waals surface area contributed by atoms with Gasteiger partial charge in [-0.25, -0.2) is 4.39 Å². The summed E-state index contributed by atoms with van der Waals surface area (Å²) in [7, 11) is 0. The molecule has 0 aromatic heterocycles. The number of carbonyl (C=O) groups is 3. The number of para-hydroxylation sites is 2. The monoisotopic (exact) mass is 471 g/mol. The molecule has 0 aliphatic carbocycles. The Labute approximate surface area is 191 Å². The van der Waals surface area contributed by atoms with Gasteiger partial charge in [-0.05, 0) is 54.6 Å². The summed E-state index contributed by atoms with van der Waals surface area (Å²) in [5.41, 5.74) is -0.282. The van der Waals surface area contributed by atoms with Crippen molar-refractivity contribution in [1.82, 2.24) is 0 Å². The highest BCUT2D eigenvalue weighted by molar-refractivity contribution is 6.17. The number of nitrogens with zero attached hydrogens (tertiary/aromatic N) is 1. The molecule has 174 valence electrons. The van der Waals surface area contributed by atoms with Crippen LogP contribution in [0.3, 0.4) is 0 Å². The van der Waals surface area contributed by atoms with Crippen LogP contribution in [0.25, 0.3) is 0 Å². The second-order valence-corrected chi connectivity index (χ2v) is 7.54. The van der Waals surface area contributed by atoms with Crippen LogP contribution in [0, 0.1) is 5.82 Å². The molecule has 1 aliphatic heterocycles. The van der Waals surface area contributed by atoms with Gasteiger partial charge >= 0.3 is 6.18 Å². The van der Waals surface area contributed by atoms with Gasteiger partial charge in [-0.3, -0.25) is 19.3 Å². The van der Waals surface area contributed by atoms with E-state index in [1.165, 1.54) is 18.2 Å². The normalized spacial score (nSPS) is 15.4. The van der Waals surface area contributed by atoms with Gasteiger partial charge in [-0.15, -0.1) is 0 Å². The largest absolute Gasteiger partial charge is 0.416 e. The van der Waals surface area contributed by atoms with Crippen molar-refractivity contribution in [2.45, 2.75) is 18.6 Å². The molecular formula is C24H17F4N3O3. The minimum absolute atomic E-state index is 0.0918. The minimum atomic E-state index is -4.59. The van der Waals surface area contributed by atoms with E-state index in [4.69, 9.17) is 0 Å². The average molecular weight is 471 g/mol. The van der Waals surface area contributed by atoms with E-state index in [1.54, 1.807) is 24.3 Å². The lowest BCUT2D eigenvalue weighted by Gasteiger charge is -2.36. The van der Waals surface area contributed by atoms with Gasteiger partial charge in [0.1, 0.15) is 11.9 Å². The van der Waals surface area contributed by atoms with Crippen molar-refractivity contribution in [2.24, 2.45) is 0 Å². The van der Waals surface area contributed by atoms with Gasteiger partial charge in [-0.1, -0.05) is 18.2 Å². The molecule has 1 aliphatic rings. The molecule has 0 radical (unpaired) electrons. The van der Waals surface area contributed by atoms with Gasteiger partial charge in [-0.2, -0.15) is 13.2 Å². The van der Waals surface area contributed by atoms with Gasteiger partial charge in [0.05, 0.1) is 23.4 Å². The predicted octanol–water partition coefficient (Wildman–Crippen LogP) is 4.84. The molecule has 4 rings (SSSR count). The van der Waals surface area contributed by atoms with Crippen molar-refractivity contribution >= 4 is 34.8 Å². The van der Waals surface area contributed by atoms with Crippen LogP contribution in [0.5, 0.6) is 0 Å². The molecule has 3 aromatic carbocycles. The van der Waals surface area contributed by atoms with Crippen molar-refractivity contribution in [3.8, 4) is 0 Å². The summed E-state index contributed by atoms with van der Waals surface area (Å²) < 4.78 is 52.2. The van der Waals surface area contributed by atoms with Crippen molar-refractivity contribution in [3.05, 3.63) is 89.7 Å². The van der Waals surface area contributed by atoms with E-state index in [1.807, 2.05) is 0 Å². The Hall–Kier alpha value is -4.21. The number of benzene rings is 3. The molecule has 0 bridgehead atoms. The van der Waals surface area contributed by atoms with Crippen molar-refractivity contribution in [1.29, 1.82) is 0 Å². The smallest absolute Gasteiger partial charge is 0.326 e. The summed E-state index contributed by atoms with van der Waals surface area (Å²) in [6, 6.07) is 13.9. The van der Waals surface area contributed by atoms with Gasteiger partial charge in [0.2, 0.25) is 11.8 Å². The molecule has 1 heterocycles. The Morgan fingerprint density at radius 1 is 0.971 bits per heavy atom. The fourth-order valence-electron chi connectivity index (χ4n) is 3.62. The van der Waals surface area contributed by atoms with Gasteiger partial charge in [0.25, 0.3) is 5.91 Å². The molecule has 1 atom stereocenters. The molecule has 3 aromatic rings. The van der Waals surface area contributed by atoms with Crippen LogP contribution in [-0.4, -0.2) is 23.8 Å². The zero-order valence-electron chi connectivity index (χ0n) is 17.4. The lowest BCUT2D eigenvalue weighted by atomic mass is 10.0. The highest BCUT2D eigenvalue weighted by atomic mass is 19.4. The SMILES string of the molecule is O=C(C[C@@H]1C(=O)Nc2ccccc2N1C(=O)c1ccc(F)cc1)Nc1cccc(C(F)(F)F)c1. The Kier molecular flexibility index (Phi) is 6.06. The zero-order valence-corrected chi connectivity index (χ0v) is 17.4. The van der Waals surface area contributed by atoms with Crippen LogP contribution in [0.4, 0.5) is 34.6 Å². The Bertz CT molecular complexity index is 1260. The first-order valence-electron chi connectivity index (χ1n) is 10.1. The molecule has 3 amide bonds. The zero-order chi connectivity index (χ0) is 24.5. The van der Waals surface area contributed by atoms with Gasteiger partial charge in [0.15, 0.2) is 0 Å². The molecule has 0 saturated carbocycles. The van der Waals surface area contributed by atoms with Gasteiger partial charge < -0.3 is 10.6 Å². The van der Waals surface area contributed by atoms with Crippen LogP contribution >= 0.6 is 0 Å². The Morgan fingerprint density at radius 3 is 2.38 bits per heavy atom. The van der Waals surface area contributed by atoms with E-state index in [0.717, 1.165) is 35.2 Å². The number of carbonyl (C=O) groups excluding carboxylic acids is 3. The number of rotatable bonds is 4. The van der Waals surface area contributed by atoms with Crippen LogP contribution in [0.2, 0.25) is 0 Å². The number of fused-ring (bicyclic) bond motifs is 1. The third-order valence-corrected chi connectivity index (χ3v) is 5.20. The number of halogens is 4. The first-order chi connectivity index (χ1) is 16.1. The molecule has 0 fully saturated rings. The molecule has 6 nitrogen and oxygen atoms in total. The van der Waals surface area contributed by atoms with E-state index in [9.17, 15) is 31.9 Å². The van der Waals surface area contributed by atoms with Crippen LogP contribution in [0.15, 0.2) is 72.8 Å². The minimum Gasteiger partial charge on any atom is -0.326 e.